The minimum Gasteiger partial charge on any atom is -0.311 e. The number of anilines is 6. The van der Waals surface area contributed by atoms with Crippen LogP contribution in [0.15, 0.2) is 85.4 Å². The van der Waals surface area contributed by atoms with Crippen LogP contribution in [-0.4, -0.2) is 6.71 Å². The number of hydrogen-bond donors (Lipinski definition) is 0. The Morgan fingerprint density at radius 2 is 1.20 bits per heavy atom. The molecule has 0 radical (unpaired) electrons. The molecule has 0 N–H and O–H groups in total. The Morgan fingerprint density at radius 1 is 0.600 bits per heavy atom. The maximum absolute atomic E-state index is 4.43. The molecule has 0 unspecified atom stereocenters. The van der Waals surface area contributed by atoms with Crippen LogP contribution in [0.3, 0.4) is 0 Å². The fourth-order valence-electron chi connectivity index (χ4n) is 11.4. The number of thiophene rings is 1. The lowest BCUT2D eigenvalue weighted by atomic mass is 9.33. The van der Waals surface area contributed by atoms with Crippen LogP contribution in [0.25, 0.3) is 16.2 Å². The summed E-state index contributed by atoms with van der Waals surface area (Å²) in [4.78, 5) is 5.30. The molecule has 6 aromatic rings. The normalized spacial score (nSPS) is 19.0. The second kappa shape index (κ2) is 12.8. The molecule has 3 heterocycles. The van der Waals surface area contributed by atoms with Crippen molar-refractivity contribution < 1.29 is 0 Å². The lowest BCUT2D eigenvalue weighted by Gasteiger charge is -2.47. The average Bonchev–Trinajstić information content (AvgIpc) is 3.55. The van der Waals surface area contributed by atoms with Crippen molar-refractivity contribution in [3.8, 4) is 0 Å². The molecular weight excluding hydrogens is 744 g/mol. The summed E-state index contributed by atoms with van der Waals surface area (Å²) in [6, 6.07) is 32.0. The predicted octanol–water partition coefficient (Wildman–Crippen LogP) is 14.2. The average molecular weight is 807 g/mol. The van der Waals surface area contributed by atoms with Gasteiger partial charge >= 0.3 is 0 Å². The summed E-state index contributed by atoms with van der Waals surface area (Å²) in [5.74, 6) is 0. The molecule has 1 aromatic heterocycles. The minimum absolute atomic E-state index is 0.0584. The molecule has 4 aliphatic rings. The number of fused-ring (bicyclic) bond motifs is 8. The summed E-state index contributed by atoms with van der Waals surface area (Å²) in [7, 11) is 0. The summed E-state index contributed by atoms with van der Waals surface area (Å²) < 4.78 is 1.35. The summed E-state index contributed by atoms with van der Waals surface area (Å²) in [6.45, 7) is 35.7. The molecule has 0 atom stereocenters. The van der Waals surface area contributed by atoms with E-state index in [0.717, 1.165) is 5.56 Å². The van der Waals surface area contributed by atoms with E-state index in [1.807, 2.05) is 11.3 Å². The molecule has 2 nitrogen and oxygen atoms in total. The molecule has 2 aliphatic heterocycles. The van der Waals surface area contributed by atoms with Crippen LogP contribution in [0.5, 0.6) is 0 Å². The lowest BCUT2D eigenvalue weighted by Crippen LogP contribution is -2.61. The van der Waals surface area contributed by atoms with Crippen LogP contribution in [0.2, 0.25) is 0 Å². The fraction of sp³-hybridized carbons (Fsp3) is 0.393. The van der Waals surface area contributed by atoms with E-state index < -0.39 is 0 Å². The van der Waals surface area contributed by atoms with Crippen LogP contribution in [0.4, 0.5) is 33.4 Å². The highest BCUT2D eigenvalue weighted by Gasteiger charge is 2.48. The largest absolute Gasteiger partial charge is 0.311 e. The Morgan fingerprint density at radius 3 is 1.82 bits per heavy atom. The van der Waals surface area contributed by atoms with Gasteiger partial charge in [-0.2, -0.15) is 0 Å². The van der Waals surface area contributed by atoms with E-state index in [2.05, 4.69) is 191 Å². The Bertz CT molecular complexity index is 2820. The molecule has 2 aliphatic carbocycles. The zero-order valence-corrected chi connectivity index (χ0v) is 39.3. The van der Waals surface area contributed by atoms with Gasteiger partial charge in [-0.3, -0.25) is 0 Å². The SMILES string of the molecule is C=Cc1cc2c3c(c1)N(c1ccc(C(C)(C)C)cc1C)c1sc4ccc(C)cc4c1B3c1cc3c(cc1N2c1ccc2c(c1)C(C)(C)CCC2(C)C)C(C)(C)CCC3(C)C. The van der Waals surface area contributed by atoms with Crippen molar-refractivity contribution in [1.29, 1.82) is 0 Å². The summed E-state index contributed by atoms with van der Waals surface area (Å²) >= 11 is 1.96. The van der Waals surface area contributed by atoms with Gasteiger partial charge in [-0.1, -0.05) is 131 Å². The molecule has 0 saturated carbocycles. The Hall–Kier alpha value is -4.54. The van der Waals surface area contributed by atoms with Crippen LogP contribution in [-0.2, 0) is 27.1 Å². The van der Waals surface area contributed by atoms with Crippen LogP contribution >= 0.6 is 11.3 Å². The van der Waals surface area contributed by atoms with Crippen molar-refractivity contribution in [3.63, 3.8) is 0 Å². The maximum atomic E-state index is 4.43. The van der Waals surface area contributed by atoms with Crippen molar-refractivity contribution >= 4 is 84.0 Å². The first-order valence-electron chi connectivity index (χ1n) is 22.5. The van der Waals surface area contributed by atoms with Crippen LogP contribution in [0.1, 0.15) is 146 Å². The van der Waals surface area contributed by atoms with E-state index >= 15 is 0 Å². The summed E-state index contributed by atoms with van der Waals surface area (Å²) in [6.07, 6.45) is 6.81. The van der Waals surface area contributed by atoms with Gasteiger partial charge in [0.15, 0.2) is 0 Å². The molecule has 306 valence electrons. The van der Waals surface area contributed by atoms with E-state index in [0.29, 0.717) is 0 Å². The molecule has 0 fully saturated rings. The summed E-state index contributed by atoms with van der Waals surface area (Å²) in [5, 5.41) is 2.72. The molecule has 0 bridgehead atoms. The second-order valence-electron chi connectivity index (χ2n) is 22.6. The number of hydrogen-bond acceptors (Lipinski definition) is 3. The number of aryl methyl sites for hydroxylation is 2. The zero-order chi connectivity index (χ0) is 42.6. The molecule has 5 aromatic carbocycles. The molecule has 0 spiro atoms. The Labute approximate surface area is 364 Å². The monoisotopic (exact) mass is 806 g/mol. The van der Waals surface area contributed by atoms with Gasteiger partial charge in [-0.15, -0.1) is 11.3 Å². The maximum Gasteiger partial charge on any atom is 0.254 e. The molecule has 0 saturated heterocycles. The predicted molar refractivity (Wildman–Crippen MR) is 265 cm³/mol. The molecule has 4 heteroatoms. The van der Waals surface area contributed by atoms with Gasteiger partial charge in [-0.05, 0) is 170 Å². The van der Waals surface area contributed by atoms with Crippen molar-refractivity contribution in [1.82, 2.24) is 0 Å². The molecular formula is C56H63BN2S. The number of rotatable bonds is 3. The van der Waals surface area contributed by atoms with E-state index in [1.54, 1.807) is 0 Å². The third kappa shape index (κ3) is 5.72. The Kier molecular flexibility index (Phi) is 8.42. The topological polar surface area (TPSA) is 6.48 Å². The van der Waals surface area contributed by atoms with Crippen molar-refractivity contribution in [2.45, 2.75) is 143 Å². The van der Waals surface area contributed by atoms with Crippen LogP contribution in [0, 0.1) is 13.8 Å². The van der Waals surface area contributed by atoms with Gasteiger partial charge < -0.3 is 9.80 Å². The van der Waals surface area contributed by atoms with E-state index in [4.69, 9.17) is 0 Å². The highest BCUT2D eigenvalue weighted by atomic mass is 32.1. The Balaban J connectivity index is 1.35. The fourth-order valence-corrected chi connectivity index (χ4v) is 12.7. The first-order valence-corrected chi connectivity index (χ1v) is 23.3. The van der Waals surface area contributed by atoms with Crippen molar-refractivity contribution in [2.24, 2.45) is 0 Å². The van der Waals surface area contributed by atoms with E-state index in [-0.39, 0.29) is 33.8 Å². The van der Waals surface area contributed by atoms with E-state index in [9.17, 15) is 0 Å². The first-order chi connectivity index (χ1) is 28.1. The van der Waals surface area contributed by atoms with Gasteiger partial charge in [0.05, 0.1) is 5.00 Å². The minimum atomic E-state index is 0.0584. The number of benzene rings is 5. The van der Waals surface area contributed by atoms with Crippen molar-refractivity contribution in [3.05, 3.63) is 130 Å². The molecule has 10 rings (SSSR count). The highest BCUT2D eigenvalue weighted by molar-refractivity contribution is 7.26. The molecule has 60 heavy (non-hydrogen) atoms. The quantitative estimate of drug-likeness (QED) is 0.164. The van der Waals surface area contributed by atoms with Gasteiger partial charge in [0.25, 0.3) is 6.71 Å². The third-order valence-corrected chi connectivity index (χ3v) is 16.6. The van der Waals surface area contributed by atoms with Crippen LogP contribution < -0.4 is 26.2 Å². The van der Waals surface area contributed by atoms with Crippen molar-refractivity contribution in [2.75, 3.05) is 9.80 Å². The van der Waals surface area contributed by atoms with Gasteiger partial charge in [0, 0.05) is 33.1 Å². The zero-order valence-electron chi connectivity index (χ0n) is 38.5. The van der Waals surface area contributed by atoms with Gasteiger partial charge in [0.2, 0.25) is 0 Å². The third-order valence-electron chi connectivity index (χ3n) is 15.5. The molecule has 0 amide bonds. The highest BCUT2D eigenvalue weighted by Crippen LogP contribution is 2.54. The first kappa shape index (κ1) is 39.6. The smallest absolute Gasteiger partial charge is 0.254 e. The number of nitrogens with zero attached hydrogens (tertiary/aromatic N) is 2. The van der Waals surface area contributed by atoms with Gasteiger partial charge in [-0.25, -0.2) is 0 Å². The summed E-state index contributed by atoms with van der Waals surface area (Å²) in [5.41, 5.74) is 22.2. The lowest BCUT2D eigenvalue weighted by molar-refractivity contribution is 0.332. The second-order valence-corrected chi connectivity index (χ2v) is 23.6. The standard InChI is InChI=1S/C56H63BN2S/c1-15-35-28-46-50-47(29-35)59(44-20-17-36(27-34(44)3)52(4,5)6)51-49(38-26-33(2)16-21-48(38)60-51)57(50)43-31-41-42(56(13,14)25-24-55(41,11)12)32-45(43)58(46)37-18-19-39-40(30-37)54(9,10)23-22-53(39,7)8/h15-21,26-32H,1,22-25H2,2-14H3. The van der Waals surface area contributed by atoms with Gasteiger partial charge in [0.1, 0.15) is 0 Å². The van der Waals surface area contributed by atoms with E-state index in [1.165, 1.54) is 125 Å².